The number of alkyl halides is 1. The number of carboxylic acids is 1. The number of carbonyl (C=O) groups is 2. The molecule has 0 heterocycles. The highest BCUT2D eigenvalue weighted by Crippen LogP contribution is 1.76. The van der Waals surface area contributed by atoms with E-state index < -0.39 is 12.8 Å². The summed E-state index contributed by atoms with van der Waals surface area (Å²) in [4.78, 5) is 18.7. The van der Waals surface area contributed by atoms with Gasteiger partial charge in [-0.1, -0.05) is 11.6 Å². The number of carboxylic acid groups (broad SMARTS) is 1. The van der Waals surface area contributed by atoms with Crippen molar-refractivity contribution in [3.05, 3.63) is 0 Å². The zero-order valence-electron chi connectivity index (χ0n) is 7.36. The third-order valence-electron chi connectivity index (χ3n) is 0.258. The average molecular weight is 217 g/mol. The highest BCUT2D eigenvalue weighted by atomic mass is 35.5. The molecule has 0 saturated carbocycles. The van der Waals surface area contributed by atoms with Gasteiger partial charge in [-0.2, -0.15) is 0 Å². The van der Waals surface area contributed by atoms with Crippen molar-refractivity contribution < 1.29 is 29.6 Å². The van der Waals surface area contributed by atoms with Crippen LogP contribution in [0.15, 0.2) is 0 Å². The van der Waals surface area contributed by atoms with Gasteiger partial charge in [0.25, 0.3) is 5.97 Å². The van der Waals surface area contributed by atoms with Crippen molar-refractivity contribution in [3.8, 4) is 0 Å². The van der Waals surface area contributed by atoms with E-state index in [1.165, 1.54) is 6.92 Å². The molecule has 13 heavy (non-hydrogen) atoms. The highest BCUT2D eigenvalue weighted by Gasteiger charge is 1.83. The van der Waals surface area contributed by atoms with E-state index in [4.69, 9.17) is 31.7 Å². The molecule has 7 heteroatoms. The van der Waals surface area contributed by atoms with Crippen LogP contribution in [-0.2, 0) is 14.3 Å². The van der Waals surface area contributed by atoms with E-state index in [2.05, 4.69) is 4.74 Å². The summed E-state index contributed by atoms with van der Waals surface area (Å²) in [5.74, 6) is -1.18. The normalized spacial score (nSPS) is 6.85. The third kappa shape index (κ3) is 202. The lowest BCUT2D eigenvalue weighted by Crippen LogP contribution is -1.93. The molecule has 0 aromatic rings. The number of hydrogen-bond acceptors (Lipinski definition) is 5. The van der Waals surface area contributed by atoms with Gasteiger partial charge >= 0.3 is 5.97 Å². The van der Waals surface area contributed by atoms with Crippen molar-refractivity contribution in [1.29, 1.82) is 0 Å². The lowest BCUT2D eigenvalue weighted by Gasteiger charge is -1.87. The molecule has 0 atom stereocenters. The number of aliphatic hydroxyl groups is 2. The molecule has 6 nitrogen and oxygen atoms in total. The van der Waals surface area contributed by atoms with E-state index in [1.54, 1.807) is 0 Å². The molecule has 0 amide bonds. The zero-order valence-corrected chi connectivity index (χ0v) is 8.11. The monoisotopic (exact) mass is 216 g/mol. The molecular formula is C6H13ClO6. The maximum absolute atomic E-state index is 9.74. The second kappa shape index (κ2) is 17.3. The summed E-state index contributed by atoms with van der Waals surface area (Å²) in [5, 5.41) is 21.7. The number of esters is 1. The fraction of sp³-hybridized carbons (Fsp3) is 0.667. The summed E-state index contributed by atoms with van der Waals surface area (Å²) in [7, 11) is 0. The molecular weight excluding hydrogens is 204 g/mol. The Morgan fingerprint density at radius 1 is 1.31 bits per heavy atom. The fourth-order valence-corrected chi connectivity index (χ4v) is 0.230. The van der Waals surface area contributed by atoms with Crippen molar-refractivity contribution in [3.63, 3.8) is 0 Å². The molecule has 80 valence electrons. The topological polar surface area (TPSA) is 104 Å². The van der Waals surface area contributed by atoms with E-state index in [0.29, 0.717) is 0 Å². The van der Waals surface area contributed by atoms with Crippen LogP contribution in [0.2, 0.25) is 0 Å². The summed E-state index contributed by atoms with van der Waals surface area (Å²) in [6.45, 7) is 1.64. The lowest BCUT2D eigenvalue weighted by molar-refractivity contribution is -0.139. The van der Waals surface area contributed by atoms with Crippen molar-refractivity contribution in [1.82, 2.24) is 0 Å². The number of ether oxygens (including phenoxy) is 1. The van der Waals surface area contributed by atoms with Crippen LogP contribution in [0.3, 0.4) is 0 Å². The standard InChI is InChI=1S/C3H5ClO2.C2H4O2.CH4O2/c1-3(5)6-2-4;1-2(3)4;2-1-3/h2H2,1H3;1H3,(H,3,4);2-3H,1H2. The molecule has 0 aliphatic rings. The third-order valence-corrected chi connectivity index (χ3v) is 0.367. The predicted octanol–water partition coefficient (Wildman–Crippen LogP) is -0.235. The number of aliphatic hydroxyl groups excluding tert-OH is 1. The van der Waals surface area contributed by atoms with Gasteiger partial charge < -0.3 is 20.1 Å². The highest BCUT2D eigenvalue weighted by molar-refractivity contribution is 6.17. The van der Waals surface area contributed by atoms with Crippen LogP contribution in [0.5, 0.6) is 0 Å². The molecule has 0 bridgehead atoms. The summed E-state index contributed by atoms with van der Waals surface area (Å²) < 4.78 is 4.17. The van der Waals surface area contributed by atoms with Crippen molar-refractivity contribution >= 4 is 23.5 Å². The Labute approximate surface area is 80.7 Å². The van der Waals surface area contributed by atoms with Gasteiger partial charge in [-0.25, -0.2) is 0 Å². The van der Waals surface area contributed by atoms with Crippen molar-refractivity contribution in [2.24, 2.45) is 0 Å². The quantitative estimate of drug-likeness (QED) is 0.318. The molecule has 0 aliphatic carbocycles. The fourth-order valence-electron chi connectivity index (χ4n) is 0.0768. The van der Waals surface area contributed by atoms with Gasteiger partial charge in [-0.05, 0) is 0 Å². The van der Waals surface area contributed by atoms with E-state index in [9.17, 15) is 4.79 Å². The average Bonchev–Trinajstić information content (AvgIpc) is 1.86. The molecule has 0 aliphatic heterocycles. The number of halogens is 1. The van der Waals surface area contributed by atoms with Crippen LogP contribution in [0.1, 0.15) is 13.8 Å². The SMILES string of the molecule is CC(=O)O.CC(=O)OCCl.OCO. The summed E-state index contributed by atoms with van der Waals surface area (Å²) in [6.07, 6.45) is 0. The first-order valence-electron chi connectivity index (χ1n) is 3.02. The van der Waals surface area contributed by atoms with Crippen LogP contribution < -0.4 is 0 Å². The van der Waals surface area contributed by atoms with Gasteiger partial charge in [0.05, 0.1) is 0 Å². The minimum atomic E-state index is -0.833. The predicted molar refractivity (Wildman–Crippen MR) is 45.1 cm³/mol. The van der Waals surface area contributed by atoms with Crippen LogP contribution >= 0.6 is 11.6 Å². The molecule has 0 aromatic heterocycles. The van der Waals surface area contributed by atoms with Gasteiger partial charge in [0.1, 0.15) is 6.79 Å². The van der Waals surface area contributed by atoms with Crippen LogP contribution in [-0.4, -0.2) is 40.1 Å². The molecule has 0 saturated heterocycles. The minimum absolute atomic E-state index is 0.0463. The van der Waals surface area contributed by atoms with Crippen LogP contribution in [0, 0.1) is 0 Å². The zero-order chi connectivity index (χ0) is 11.3. The Balaban J connectivity index is -0.000000125. The molecule has 0 spiro atoms. The first kappa shape index (κ1) is 18.0. The Morgan fingerprint density at radius 2 is 1.54 bits per heavy atom. The number of carbonyl (C=O) groups excluding carboxylic acids is 1. The number of hydrogen-bond donors (Lipinski definition) is 3. The number of aliphatic carboxylic acids is 1. The molecule has 0 radical (unpaired) electrons. The smallest absolute Gasteiger partial charge is 0.303 e. The number of rotatable bonds is 1. The van der Waals surface area contributed by atoms with Gasteiger partial charge in [0.15, 0.2) is 6.07 Å². The van der Waals surface area contributed by atoms with Gasteiger partial charge in [0, 0.05) is 13.8 Å². The first-order chi connectivity index (χ1) is 5.92. The molecule has 3 N–H and O–H groups in total. The van der Waals surface area contributed by atoms with Crippen LogP contribution in [0.4, 0.5) is 0 Å². The Bertz CT molecular complexity index is 122. The summed E-state index contributed by atoms with van der Waals surface area (Å²) >= 11 is 4.95. The lowest BCUT2D eigenvalue weighted by atomic mass is 10.8. The minimum Gasteiger partial charge on any atom is -0.481 e. The summed E-state index contributed by atoms with van der Waals surface area (Å²) in [5.41, 5.74) is 0. The van der Waals surface area contributed by atoms with Crippen LogP contribution in [0.25, 0.3) is 0 Å². The maximum atomic E-state index is 9.74. The largest absolute Gasteiger partial charge is 0.481 e. The molecule has 0 fully saturated rings. The van der Waals surface area contributed by atoms with Gasteiger partial charge in [-0.3, -0.25) is 9.59 Å². The van der Waals surface area contributed by atoms with E-state index in [0.717, 1.165) is 6.92 Å². The van der Waals surface area contributed by atoms with E-state index >= 15 is 0 Å². The molecule has 0 aromatic carbocycles. The second-order valence-electron chi connectivity index (χ2n) is 1.41. The Hall–Kier alpha value is -0.850. The second-order valence-corrected chi connectivity index (χ2v) is 1.62. The molecule has 0 unspecified atom stereocenters. The van der Waals surface area contributed by atoms with Gasteiger partial charge in [0.2, 0.25) is 0 Å². The van der Waals surface area contributed by atoms with Gasteiger partial charge in [-0.15, -0.1) is 0 Å². The Kier molecular flexibility index (Phi) is 24.0. The van der Waals surface area contributed by atoms with Crippen molar-refractivity contribution in [2.45, 2.75) is 13.8 Å². The summed E-state index contributed by atoms with van der Waals surface area (Å²) in [6, 6.07) is -0.0463. The van der Waals surface area contributed by atoms with E-state index in [-0.39, 0.29) is 12.0 Å². The maximum Gasteiger partial charge on any atom is 0.303 e. The first-order valence-corrected chi connectivity index (χ1v) is 3.56. The van der Waals surface area contributed by atoms with Crippen molar-refractivity contribution in [2.75, 3.05) is 12.9 Å². The van der Waals surface area contributed by atoms with E-state index in [1.807, 2.05) is 0 Å². The molecule has 0 rings (SSSR count). The Morgan fingerprint density at radius 3 is 1.54 bits per heavy atom.